The topological polar surface area (TPSA) is 75.5 Å². The summed E-state index contributed by atoms with van der Waals surface area (Å²) in [6.45, 7) is 1.44. The van der Waals surface area contributed by atoms with Crippen molar-refractivity contribution in [2.45, 2.75) is 12.8 Å². The van der Waals surface area contributed by atoms with E-state index >= 15 is 0 Å². The molecule has 0 aliphatic carbocycles. The van der Waals surface area contributed by atoms with Crippen LogP contribution in [0.2, 0.25) is 0 Å². The third-order valence-corrected chi connectivity index (χ3v) is 4.07. The Bertz CT molecular complexity index is 688. The van der Waals surface area contributed by atoms with Gasteiger partial charge in [-0.2, -0.15) is 0 Å². The normalized spacial score (nSPS) is 17.3. The Morgan fingerprint density at radius 1 is 1.39 bits per heavy atom. The Hall–Kier alpha value is -2.63. The lowest BCUT2D eigenvalue weighted by Gasteiger charge is -2.16. The third-order valence-electron chi connectivity index (χ3n) is 4.07. The first-order valence-corrected chi connectivity index (χ1v) is 7.59. The Morgan fingerprint density at radius 2 is 2.17 bits per heavy atom. The molecule has 1 aromatic heterocycles. The number of hydrogen-bond donors (Lipinski definition) is 1. The highest BCUT2D eigenvalue weighted by molar-refractivity contribution is 5.93. The number of rotatable bonds is 4. The Kier molecular flexibility index (Phi) is 4.41. The molecule has 6 nitrogen and oxygen atoms in total. The van der Waals surface area contributed by atoms with Crippen molar-refractivity contribution < 1.29 is 14.6 Å². The average Bonchev–Trinajstić information content (AvgIpc) is 3.03. The first kappa shape index (κ1) is 15.3. The standard InChI is InChI=1S/C17H19N3O3/c1-23-17-18-9-14(10-19-17)16(22)20-6-5-13(11-20)7-12-3-2-4-15(21)8-12/h2-4,8-10,13,21H,5-7,11H2,1H3. The number of methoxy groups -OCH3 is 1. The van der Waals surface area contributed by atoms with E-state index in [2.05, 4.69) is 9.97 Å². The molecule has 23 heavy (non-hydrogen) atoms. The summed E-state index contributed by atoms with van der Waals surface area (Å²) in [4.78, 5) is 22.3. The summed E-state index contributed by atoms with van der Waals surface area (Å²) in [6.07, 6.45) is 4.81. The number of benzene rings is 1. The molecule has 2 heterocycles. The third kappa shape index (κ3) is 3.59. The zero-order chi connectivity index (χ0) is 16.2. The van der Waals surface area contributed by atoms with E-state index in [1.165, 1.54) is 19.5 Å². The molecule has 0 bridgehead atoms. The molecule has 1 unspecified atom stereocenters. The summed E-state index contributed by atoms with van der Waals surface area (Å²) in [7, 11) is 1.49. The van der Waals surface area contributed by atoms with Crippen LogP contribution in [0, 0.1) is 5.92 Å². The van der Waals surface area contributed by atoms with Crippen molar-refractivity contribution >= 4 is 5.91 Å². The van der Waals surface area contributed by atoms with E-state index in [1.54, 1.807) is 12.1 Å². The number of nitrogens with zero attached hydrogens (tertiary/aromatic N) is 3. The van der Waals surface area contributed by atoms with E-state index < -0.39 is 0 Å². The fourth-order valence-electron chi connectivity index (χ4n) is 2.92. The lowest BCUT2D eigenvalue weighted by atomic mass is 9.98. The highest BCUT2D eigenvalue weighted by atomic mass is 16.5. The second kappa shape index (κ2) is 6.64. The molecule has 1 aliphatic rings. The van der Waals surface area contributed by atoms with Crippen molar-refractivity contribution in [1.29, 1.82) is 0 Å². The van der Waals surface area contributed by atoms with Crippen LogP contribution in [0.3, 0.4) is 0 Å². The van der Waals surface area contributed by atoms with Gasteiger partial charge in [-0.25, -0.2) is 9.97 Å². The van der Waals surface area contributed by atoms with Crippen molar-refractivity contribution in [1.82, 2.24) is 14.9 Å². The maximum atomic E-state index is 12.5. The minimum absolute atomic E-state index is 0.0499. The van der Waals surface area contributed by atoms with Gasteiger partial charge in [-0.3, -0.25) is 4.79 Å². The van der Waals surface area contributed by atoms with E-state index in [0.717, 1.165) is 24.9 Å². The van der Waals surface area contributed by atoms with E-state index in [1.807, 2.05) is 17.0 Å². The van der Waals surface area contributed by atoms with Crippen LogP contribution >= 0.6 is 0 Å². The maximum Gasteiger partial charge on any atom is 0.316 e. The Balaban J connectivity index is 1.61. The van der Waals surface area contributed by atoms with Crippen LogP contribution in [0.4, 0.5) is 0 Å². The number of carbonyl (C=O) groups is 1. The highest BCUT2D eigenvalue weighted by Crippen LogP contribution is 2.23. The van der Waals surface area contributed by atoms with Crippen LogP contribution in [0.15, 0.2) is 36.7 Å². The molecule has 1 aromatic carbocycles. The van der Waals surface area contributed by atoms with Crippen molar-refractivity contribution in [3.63, 3.8) is 0 Å². The smallest absolute Gasteiger partial charge is 0.316 e. The van der Waals surface area contributed by atoms with E-state index in [0.29, 0.717) is 18.0 Å². The molecular weight excluding hydrogens is 294 g/mol. The van der Waals surface area contributed by atoms with Crippen LogP contribution in [0.1, 0.15) is 22.3 Å². The van der Waals surface area contributed by atoms with Crippen LogP contribution in [-0.2, 0) is 6.42 Å². The lowest BCUT2D eigenvalue weighted by Crippen LogP contribution is -2.29. The number of phenols is 1. The monoisotopic (exact) mass is 313 g/mol. The van der Waals surface area contributed by atoms with Gasteiger partial charge < -0.3 is 14.7 Å². The van der Waals surface area contributed by atoms with Crippen LogP contribution in [-0.4, -0.2) is 46.1 Å². The molecule has 120 valence electrons. The fraction of sp³-hybridized carbons (Fsp3) is 0.353. The molecule has 2 aromatic rings. The molecule has 1 saturated heterocycles. The van der Waals surface area contributed by atoms with Gasteiger partial charge >= 0.3 is 6.01 Å². The zero-order valence-corrected chi connectivity index (χ0v) is 13.0. The summed E-state index contributed by atoms with van der Waals surface area (Å²) in [5, 5.41) is 9.53. The molecule has 1 fully saturated rings. The van der Waals surface area contributed by atoms with Crippen molar-refractivity contribution in [2.75, 3.05) is 20.2 Å². The van der Waals surface area contributed by atoms with Crippen LogP contribution in [0.25, 0.3) is 0 Å². The predicted molar refractivity (Wildman–Crippen MR) is 84.4 cm³/mol. The van der Waals surface area contributed by atoms with Gasteiger partial charge in [0.1, 0.15) is 5.75 Å². The molecule has 0 radical (unpaired) electrons. The first-order chi connectivity index (χ1) is 11.2. The van der Waals surface area contributed by atoms with E-state index in [4.69, 9.17) is 4.74 Å². The summed E-state index contributed by atoms with van der Waals surface area (Å²) in [6, 6.07) is 7.54. The van der Waals surface area contributed by atoms with Gasteiger partial charge in [0.25, 0.3) is 5.91 Å². The number of aromatic hydroxyl groups is 1. The fourth-order valence-corrected chi connectivity index (χ4v) is 2.92. The van der Waals surface area contributed by atoms with Gasteiger partial charge in [-0.15, -0.1) is 0 Å². The lowest BCUT2D eigenvalue weighted by molar-refractivity contribution is 0.0786. The van der Waals surface area contributed by atoms with E-state index in [-0.39, 0.29) is 17.7 Å². The van der Waals surface area contributed by atoms with Gasteiger partial charge in [-0.05, 0) is 36.5 Å². The van der Waals surface area contributed by atoms with Crippen LogP contribution < -0.4 is 4.74 Å². The quantitative estimate of drug-likeness (QED) is 0.933. The number of carbonyl (C=O) groups excluding carboxylic acids is 1. The van der Waals surface area contributed by atoms with Gasteiger partial charge in [0.05, 0.1) is 12.7 Å². The SMILES string of the molecule is COc1ncc(C(=O)N2CCC(Cc3cccc(O)c3)C2)cn1. The van der Waals surface area contributed by atoms with Gasteiger partial charge in [0.2, 0.25) is 0 Å². The molecule has 1 N–H and O–H groups in total. The van der Waals surface area contributed by atoms with Crippen LogP contribution in [0.5, 0.6) is 11.8 Å². The number of hydrogen-bond acceptors (Lipinski definition) is 5. The summed E-state index contributed by atoms with van der Waals surface area (Å²) >= 11 is 0. The molecule has 1 atom stereocenters. The van der Waals surface area contributed by atoms with Crippen molar-refractivity contribution in [3.05, 3.63) is 47.8 Å². The molecule has 6 heteroatoms. The minimum Gasteiger partial charge on any atom is -0.508 e. The minimum atomic E-state index is -0.0499. The van der Waals surface area contributed by atoms with Crippen molar-refractivity contribution in [3.8, 4) is 11.8 Å². The number of ether oxygens (including phenoxy) is 1. The molecule has 1 amide bonds. The highest BCUT2D eigenvalue weighted by Gasteiger charge is 2.27. The molecule has 0 spiro atoms. The summed E-state index contributed by atoms with van der Waals surface area (Å²) < 4.78 is 4.90. The van der Waals surface area contributed by atoms with Crippen molar-refractivity contribution in [2.24, 2.45) is 5.92 Å². The van der Waals surface area contributed by atoms with Gasteiger partial charge in [0.15, 0.2) is 0 Å². The predicted octanol–water partition coefficient (Wildman–Crippen LogP) is 1.90. The number of phenolic OH excluding ortho intramolecular Hbond substituents is 1. The Morgan fingerprint density at radius 3 is 2.87 bits per heavy atom. The maximum absolute atomic E-state index is 12.5. The van der Waals surface area contributed by atoms with Gasteiger partial charge in [0, 0.05) is 25.5 Å². The summed E-state index contributed by atoms with van der Waals surface area (Å²) in [5.74, 6) is 0.634. The molecule has 0 saturated carbocycles. The average molecular weight is 313 g/mol. The van der Waals surface area contributed by atoms with Gasteiger partial charge in [-0.1, -0.05) is 12.1 Å². The Labute approximate surface area is 134 Å². The molecular formula is C17H19N3O3. The number of likely N-dealkylation sites (tertiary alicyclic amines) is 1. The number of aromatic nitrogens is 2. The zero-order valence-electron chi connectivity index (χ0n) is 13.0. The first-order valence-electron chi connectivity index (χ1n) is 7.59. The number of amides is 1. The largest absolute Gasteiger partial charge is 0.508 e. The van der Waals surface area contributed by atoms with E-state index in [9.17, 15) is 9.90 Å². The molecule has 3 rings (SSSR count). The molecule has 1 aliphatic heterocycles. The second-order valence-electron chi connectivity index (χ2n) is 5.74. The second-order valence-corrected chi connectivity index (χ2v) is 5.74. The summed E-state index contributed by atoms with van der Waals surface area (Å²) in [5.41, 5.74) is 1.57.